The number of ether oxygens (including phenoxy) is 1. The number of hydrogen-bond donors (Lipinski definition) is 0. The minimum absolute atomic E-state index is 0.270. The standard InChI is InChI=1S/C23H19NO4/c1-2-28-23(27)19-13-15-20(16-14-19)24(21(25)17-9-5-3-6-10-17)22(26)18-11-7-4-8-12-18/h3-16H,2H2,1H3. The van der Waals surface area contributed by atoms with Crippen LogP contribution in [-0.4, -0.2) is 24.4 Å². The molecule has 140 valence electrons. The van der Waals surface area contributed by atoms with Crippen molar-refractivity contribution in [2.45, 2.75) is 6.92 Å². The molecular weight excluding hydrogens is 354 g/mol. The van der Waals surface area contributed by atoms with Crippen LogP contribution in [-0.2, 0) is 4.74 Å². The fourth-order valence-electron chi connectivity index (χ4n) is 2.71. The Morgan fingerprint density at radius 3 is 1.57 bits per heavy atom. The topological polar surface area (TPSA) is 63.7 Å². The molecule has 0 N–H and O–H groups in total. The lowest BCUT2D eigenvalue weighted by Gasteiger charge is -2.21. The van der Waals surface area contributed by atoms with Crippen LogP contribution in [0.2, 0.25) is 0 Å². The molecule has 0 aliphatic carbocycles. The summed E-state index contributed by atoms with van der Waals surface area (Å²) in [5, 5.41) is 0. The molecule has 3 aromatic rings. The van der Waals surface area contributed by atoms with E-state index >= 15 is 0 Å². The number of amides is 2. The third-order valence-corrected chi connectivity index (χ3v) is 4.08. The largest absolute Gasteiger partial charge is 0.462 e. The van der Waals surface area contributed by atoms with Gasteiger partial charge in [-0.1, -0.05) is 36.4 Å². The Kier molecular flexibility index (Phi) is 5.97. The summed E-state index contributed by atoms with van der Waals surface area (Å²) in [4.78, 5) is 39.2. The summed E-state index contributed by atoms with van der Waals surface area (Å²) < 4.78 is 4.98. The molecule has 0 spiro atoms. The smallest absolute Gasteiger partial charge is 0.338 e. The predicted molar refractivity (Wildman–Crippen MR) is 106 cm³/mol. The first-order valence-electron chi connectivity index (χ1n) is 8.88. The van der Waals surface area contributed by atoms with E-state index in [1.165, 1.54) is 12.1 Å². The van der Waals surface area contributed by atoms with Gasteiger partial charge in [0.2, 0.25) is 0 Å². The molecule has 0 heterocycles. The molecule has 3 aromatic carbocycles. The monoisotopic (exact) mass is 373 g/mol. The van der Waals surface area contributed by atoms with Gasteiger partial charge < -0.3 is 4.74 Å². The van der Waals surface area contributed by atoms with Crippen LogP contribution in [0.4, 0.5) is 5.69 Å². The molecule has 0 aromatic heterocycles. The maximum atomic E-state index is 13.1. The Morgan fingerprint density at radius 1 is 0.679 bits per heavy atom. The molecule has 28 heavy (non-hydrogen) atoms. The molecule has 0 saturated carbocycles. The third kappa shape index (κ3) is 4.15. The Labute approximate surface area is 163 Å². The van der Waals surface area contributed by atoms with Crippen LogP contribution in [0, 0.1) is 0 Å². The minimum atomic E-state index is -0.454. The molecule has 0 fully saturated rings. The molecule has 0 aliphatic heterocycles. The molecule has 0 radical (unpaired) electrons. The van der Waals surface area contributed by atoms with Crippen molar-refractivity contribution < 1.29 is 19.1 Å². The van der Waals surface area contributed by atoms with Crippen molar-refractivity contribution in [3.8, 4) is 0 Å². The van der Waals surface area contributed by atoms with Crippen molar-refractivity contribution >= 4 is 23.5 Å². The van der Waals surface area contributed by atoms with Crippen molar-refractivity contribution in [3.63, 3.8) is 0 Å². The maximum absolute atomic E-state index is 13.1. The van der Waals surface area contributed by atoms with Crippen molar-refractivity contribution in [3.05, 3.63) is 102 Å². The average Bonchev–Trinajstić information content (AvgIpc) is 2.75. The summed E-state index contributed by atoms with van der Waals surface area (Å²) in [7, 11) is 0. The average molecular weight is 373 g/mol. The van der Waals surface area contributed by atoms with Gasteiger partial charge in [-0.15, -0.1) is 0 Å². The third-order valence-electron chi connectivity index (χ3n) is 4.08. The first-order valence-corrected chi connectivity index (χ1v) is 8.88. The number of imide groups is 1. The van der Waals surface area contributed by atoms with Gasteiger partial charge in [0.25, 0.3) is 11.8 Å². The van der Waals surface area contributed by atoms with Crippen molar-refractivity contribution in [1.82, 2.24) is 0 Å². The second-order valence-electron chi connectivity index (χ2n) is 5.95. The van der Waals surface area contributed by atoms with E-state index in [1.54, 1.807) is 79.7 Å². The van der Waals surface area contributed by atoms with Gasteiger partial charge in [0, 0.05) is 11.1 Å². The van der Waals surface area contributed by atoms with Crippen LogP contribution in [0.25, 0.3) is 0 Å². The van der Waals surface area contributed by atoms with E-state index in [9.17, 15) is 14.4 Å². The van der Waals surface area contributed by atoms with E-state index in [0.29, 0.717) is 22.4 Å². The zero-order valence-electron chi connectivity index (χ0n) is 15.4. The molecular formula is C23H19NO4. The Morgan fingerprint density at radius 2 is 1.14 bits per heavy atom. The maximum Gasteiger partial charge on any atom is 0.338 e. The summed E-state index contributed by atoms with van der Waals surface area (Å²) in [5.41, 5.74) is 1.50. The zero-order chi connectivity index (χ0) is 19.9. The first kappa shape index (κ1) is 19.0. The number of anilines is 1. The van der Waals surface area contributed by atoms with E-state index in [1.807, 2.05) is 0 Å². The van der Waals surface area contributed by atoms with Crippen LogP contribution in [0.3, 0.4) is 0 Å². The number of rotatable bonds is 5. The normalized spacial score (nSPS) is 10.2. The highest BCUT2D eigenvalue weighted by Gasteiger charge is 2.26. The van der Waals surface area contributed by atoms with E-state index in [0.717, 1.165) is 4.90 Å². The first-order chi connectivity index (χ1) is 13.6. The molecule has 3 rings (SSSR count). The van der Waals surface area contributed by atoms with Gasteiger partial charge in [-0.25, -0.2) is 9.69 Å². The molecule has 2 amide bonds. The van der Waals surface area contributed by atoms with Crippen LogP contribution in [0.1, 0.15) is 38.0 Å². The summed E-state index contributed by atoms with van der Waals surface area (Å²) >= 11 is 0. The van der Waals surface area contributed by atoms with Crippen LogP contribution < -0.4 is 4.90 Å². The molecule has 0 unspecified atom stereocenters. The van der Waals surface area contributed by atoms with E-state index in [-0.39, 0.29) is 6.61 Å². The molecule has 0 atom stereocenters. The SMILES string of the molecule is CCOC(=O)c1ccc(N(C(=O)c2ccccc2)C(=O)c2ccccc2)cc1. The van der Waals surface area contributed by atoms with Gasteiger partial charge in [0.1, 0.15) is 0 Å². The molecule has 0 aliphatic rings. The zero-order valence-corrected chi connectivity index (χ0v) is 15.4. The fraction of sp³-hybridized carbons (Fsp3) is 0.0870. The number of esters is 1. The second-order valence-corrected chi connectivity index (χ2v) is 5.95. The summed E-state index contributed by atoms with van der Waals surface area (Å²) in [6, 6.07) is 23.4. The van der Waals surface area contributed by atoms with Gasteiger partial charge in [-0.05, 0) is 55.5 Å². The lowest BCUT2D eigenvalue weighted by Crippen LogP contribution is -2.37. The highest BCUT2D eigenvalue weighted by molar-refractivity contribution is 6.25. The molecule has 0 bridgehead atoms. The van der Waals surface area contributed by atoms with Crippen LogP contribution in [0.15, 0.2) is 84.9 Å². The van der Waals surface area contributed by atoms with Crippen molar-refractivity contribution in [2.24, 2.45) is 0 Å². The number of hydrogen-bond acceptors (Lipinski definition) is 4. The molecule has 5 heteroatoms. The highest BCUT2D eigenvalue weighted by Crippen LogP contribution is 2.21. The van der Waals surface area contributed by atoms with Gasteiger partial charge in [0.15, 0.2) is 0 Å². The van der Waals surface area contributed by atoms with E-state index < -0.39 is 17.8 Å². The fourth-order valence-corrected chi connectivity index (χ4v) is 2.71. The highest BCUT2D eigenvalue weighted by atomic mass is 16.5. The Hall–Kier alpha value is -3.73. The summed E-state index contributed by atoms with van der Waals surface area (Å²) in [6.07, 6.45) is 0. The lowest BCUT2D eigenvalue weighted by molar-refractivity contribution is 0.0526. The number of carbonyl (C=O) groups excluding carboxylic acids is 3. The van der Waals surface area contributed by atoms with Gasteiger partial charge in [0.05, 0.1) is 17.9 Å². The number of nitrogens with zero attached hydrogens (tertiary/aromatic N) is 1. The summed E-state index contributed by atoms with van der Waals surface area (Å²) in [5.74, 6) is -1.35. The Balaban J connectivity index is 2.00. The van der Waals surface area contributed by atoms with E-state index in [2.05, 4.69) is 0 Å². The van der Waals surface area contributed by atoms with E-state index in [4.69, 9.17) is 4.74 Å². The van der Waals surface area contributed by atoms with Gasteiger partial charge >= 0.3 is 5.97 Å². The van der Waals surface area contributed by atoms with Crippen molar-refractivity contribution in [1.29, 1.82) is 0 Å². The quantitative estimate of drug-likeness (QED) is 0.493. The molecule has 0 saturated heterocycles. The van der Waals surface area contributed by atoms with Crippen LogP contribution in [0.5, 0.6) is 0 Å². The number of benzene rings is 3. The minimum Gasteiger partial charge on any atom is -0.462 e. The van der Waals surface area contributed by atoms with Crippen molar-refractivity contribution in [2.75, 3.05) is 11.5 Å². The predicted octanol–water partition coefficient (Wildman–Crippen LogP) is 4.35. The summed E-state index contributed by atoms with van der Waals surface area (Å²) in [6.45, 7) is 2.00. The van der Waals surface area contributed by atoms with Gasteiger partial charge in [-0.2, -0.15) is 0 Å². The molecule has 5 nitrogen and oxygen atoms in total. The lowest BCUT2D eigenvalue weighted by atomic mass is 10.1. The second kappa shape index (κ2) is 8.77. The number of carbonyl (C=O) groups is 3. The Bertz CT molecular complexity index is 915. The van der Waals surface area contributed by atoms with Gasteiger partial charge in [-0.3, -0.25) is 9.59 Å². The van der Waals surface area contributed by atoms with Crippen LogP contribution >= 0.6 is 0 Å².